The largest absolute Gasteiger partial charge is 0.378 e. The van der Waals surface area contributed by atoms with Crippen molar-refractivity contribution < 1.29 is 9.53 Å². The maximum atomic E-state index is 12.6. The molecule has 1 saturated carbocycles. The maximum Gasteiger partial charge on any atom is 0.240 e. The van der Waals surface area contributed by atoms with E-state index in [1.807, 2.05) is 32.5 Å². The molecular formula is C16H32N2O2S. The standard InChI is InChI=1S/C16H32N2O2S/c1-7-15(8-2,21-6)11-18-13(19)16(17)10-12(20-9-3)14(16,4)5/h12H,7-11,17H2,1-6H3,(H,18,19). The van der Waals surface area contributed by atoms with Gasteiger partial charge in [0.15, 0.2) is 0 Å². The molecule has 5 heteroatoms. The molecule has 2 atom stereocenters. The van der Waals surface area contributed by atoms with Gasteiger partial charge < -0.3 is 15.8 Å². The zero-order valence-corrected chi connectivity index (χ0v) is 15.2. The molecule has 0 aromatic heterocycles. The van der Waals surface area contributed by atoms with Gasteiger partial charge >= 0.3 is 0 Å². The second-order valence-corrected chi connectivity index (χ2v) is 7.89. The first-order valence-corrected chi connectivity index (χ1v) is 9.19. The summed E-state index contributed by atoms with van der Waals surface area (Å²) in [4.78, 5) is 12.6. The minimum atomic E-state index is -0.821. The van der Waals surface area contributed by atoms with Crippen molar-refractivity contribution in [3.8, 4) is 0 Å². The molecule has 0 aromatic carbocycles. The second-order valence-electron chi connectivity index (χ2n) is 6.62. The van der Waals surface area contributed by atoms with Gasteiger partial charge in [0, 0.05) is 29.7 Å². The first kappa shape index (κ1) is 18.8. The Morgan fingerprint density at radius 2 is 1.95 bits per heavy atom. The van der Waals surface area contributed by atoms with Crippen LogP contribution in [0.15, 0.2) is 0 Å². The van der Waals surface area contributed by atoms with Gasteiger partial charge in [0.2, 0.25) is 5.91 Å². The Kier molecular flexibility index (Phi) is 6.16. The summed E-state index contributed by atoms with van der Waals surface area (Å²) in [5.41, 5.74) is 5.25. The van der Waals surface area contributed by atoms with Crippen LogP contribution in [-0.2, 0) is 9.53 Å². The smallest absolute Gasteiger partial charge is 0.240 e. The van der Waals surface area contributed by atoms with Crippen LogP contribution in [-0.4, -0.2) is 41.7 Å². The van der Waals surface area contributed by atoms with Gasteiger partial charge in [0.25, 0.3) is 0 Å². The Labute approximate surface area is 133 Å². The predicted molar refractivity (Wildman–Crippen MR) is 90.6 cm³/mol. The average Bonchev–Trinajstić information content (AvgIpc) is 2.48. The summed E-state index contributed by atoms with van der Waals surface area (Å²) in [5, 5.41) is 3.10. The lowest BCUT2D eigenvalue weighted by molar-refractivity contribution is -0.170. The third kappa shape index (κ3) is 3.25. The molecule has 0 radical (unpaired) electrons. The topological polar surface area (TPSA) is 64.3 Å². The number of ether oxygens (including phenoxy) is 1. The quantitative estimate of drug-likeness (QED) is 0.722. The van der Waals surface area contributed by atoms with E-state index in [0.29, 0.717) is 19.6 Å². The Hall–Kier alpha value is -0.260. The molecule has 1 amide bonds. The van der Waals surface area contributed by atoms with Crippen LogP contribution in [0, 0.1) is 5.41 Å². The summed E-state index contributed by atoms with van der Waals surface area (Å²) in [6, 6.07) is 0. The van der Waals surface area contributed by atoms with Crippen LogP contribution in [0.5, 0.6) is 0 Å². The molecule has 2 unspecified atom stereocenters. The number of amides is 1. The Morgan fingerprint density at radius 1 is 1.38 bits per heavy atom. The molecule has 1 fully saturated rings. The highest BCUT2D eigenvalue weighted by Gasteiger charge is 2.62. The van der Waals surface area contributed by atoms with E-state index in [1.54, 1.807) is 0 Å². The summed E-state index contributed by atoms with van der Waals surface area (Å²) in [5.74, 6) is -0.0382. The minimum Gasteiger partial charge on any atom is -0.378 e. The Bertz CT molecular complexity index is 361. The molecule has 1 aliphatic rings. The van der Waals surface area contributed by atoms with Crippen molar-refractivity contribution >= 4 is 17.7 Å². The highest BCUT2D eigenvalue weighted by molar-refractivity contribution is 8.00. The number of carbonyl (C=O) groups is 1. The van der Waals surface area contributed by atoms with Crippen LogP contribution in [0.4, 0.5) is 0 Å². The number of rotatable bonds is 8. The highest BCUT2D eigenvalue weighted by atomic mass is 32.2. The number of nitrogens with two attached hydrogens (primary N) is 1. The minimum absolute atomic E-state index is 0.0382. The molecule has 1 aliphatic carbocycles. The lowest BCUT2D eigenvalue weighted by atomic mass is 9.54. The SMILES string of the molecule is CCOC1CC(N)(C(=O)NCC(CC)(CC)SC)C1(C)C. The fraction of sp³-hybridized carbons (Fsp3) is 0.938. The number of hydrogen-bond donors (Lipinski definition) is 2. The third-order valence-electron chi connectivity index (χ3n) is 5.53. The first-order valence-electron chi connectivity index (χ1n) is 7.97. The predicted octanol–water partition coefficient (Wildman–Crippen LogP) is 2.56. The molecule has 0 aromatic rings. The molecule has 3 N–H and O–H groups in total. The molecule has 0 aliphatic heterocycles. The fourth-order valence-corrected chi connectivity index (χ4v) is 3.87. The number of carbonyl (C=O) groups excluding carboxylic acids is 1. The van der Waals surface area contributed by atoms with Crippen molar-refractivity contribution in [1.82, 2.24) is 5.32 Å². The molecule has 4 nitrogen and oxygen atoms in total. The molecule has 21 heavy (non-hydrogen) atoms. The van der Waals surface area contributed by atoms with Crippen molar-refractivity contribution in [2.45, 2.75) is 70.3 Å². The van der Waals surface area contributed by atoms with E-state index in [2.05, 4.69) is 25.4 Å². The molecular weight excluding hydrogens is 284 g/mol. The van der Waals surface area contributed by atoms with Gasteiger partial charge in [0.1, 0.15) is 5.54 Å². The van der Waals surface area contributed by atoms with E-state index in [-0.39, 0.29) is 22.2 Å². The molecule has 0 spiro atoms. The normalized spacial score (nSPS) is 28.0. The van der Waals surface area contributed by atoms with E-state index in [4.69, 9.17) is 10.5 Å². The van der Waals surface area contributed by atoms with Crippen LogP contribution in [0.3, 0.4) is 0 Å². The van der Waals surface area contributed by atoms with Crippen LogP contribution in [0.1, 0.15) is 53.9 Å². The van der Waals surface area contributed by atoms with Gasteiger partial charge in [-0.05, 0) is 26.0 Å². The fourth-order valence-electron chi connectivity index (χ4n) is 3.08. The average molecular weight is 317 g/mol. The van der Waals surface area contributed by atoms with E-state index in [0.717, 1.165) is 12.8 Å². The zero-order valence-electron chi connectivity index (χ0n) is 14.4. The number of nitrogens with one attached hydrogen (secondary N) is 1. The molecule has 1 rings (SSSR count). The molecule has 0 bridgehead atoms. The monoisotopic (exact) mass is 316 g/mol. The van der Waals surface area contributed by atoms with Gasteiger partial charge in [-0.15, -0.1) is 0 Å². The van der Waals surface area contributed by atoms with E-state index in [9.17, 15) is 4.79 Å². The van der Waals surface area contributed by atoms with Gasteiger partial charge in [-0.1, -0.05) is 27.7 Å². The first-order chi connectivity index (χ1) is 9.73. The Morgan fingerprint density at radius 3 is 2.33 bits per heavy atom. The van der Waals surface area contributed by atoms with Crippen molar-refractivity contribution in [1.29, 1.82) is 0 Å². The maximum absolute atomic E-state index is 12.6. The van der Waals surface area contributed by atoms with Crippen molar-refractivity contribution in [2.75, 3.05) is 19.4 Å². The third-order valence-corrected chi connectivity index (χ3v) is 7.12. The van der Waals surface area contributed by atoms with Crippen molar-refractivity contribution in [3.05, 3.63) is 0 Å². The van der Waals surface area contributed by atoms with Crippen molar-refractivity contribution in [3.63, 3.8) is 0 Å². The van der Waals surface area contributed by atoms with Crippen LogP contribution in [0.2, 0.25) is 0 Å². The van der Waals surface area contributed by atoms with Crippen LogP contribution in [0.25, 0.3) is 0 Å². The highest BCUT2D eigenvalue weighted by Crippen LogP contribution is 2.49. The zero-order chi connectivity index (χ0) is 16.3. The summed E-state index contributed by atoms with van der Waals surface area (Å²) >= 11 is 1.82. The van der Waals surface area contributed by atoms with E-state index >= 15 is 0 Å². The summed E-state index contributed by atoms with van der Waals surface area (Å²) < 4.78 is 5.79. The lowest BCUT2D eigenvalue weighted by Crippen LogP contribution is -2.76. The lowest BCUT2D eigenvalue weighted by Gasteiger charge is -2.57. The second kappa shape index (κ2) is 6.88. The summed E-state index contributed by atoms with van der Waals surface area (Å²) in [7, 11) is 0. The number of thioether (sulfide) groups is 1. The number of hydrogen-bond acceptors (Lipinski definition) is 4. The van der Waals surface area contributed by atoms with Gasteiger partial charge in [-0.25, -0.2) is 0 Å². The van der Waals surface area contributed by atoms with Crippen molar-refractivity contribution in [2.24, 2.45) is 11.1 Å². The molecule has 0 saturated heterocycles. The van der Waals surface area contributed by atoms with Crippen LogP contribution < -0.4 is 11.1 Å². The molecule has 124 valence electrons. The molecule has 0 heterocycles. The van der Waals surface area contributed by atoms with Gasteiger partial charge in [-0.3, -0.25) is 4.79 Å². The van der Waals surface area contributed by atoms with E-state index in [1.165, 1.54) is 0 Å². The van der Waals surface area contributed by atoms with Gasteiger partial charge in [0.05, 0.1) is 6.10 Å². The summed E-state index contributed by atoms with van der Waals surface area (Å²) in [6.45, 7) is 11.7. The van der Waals surface area contributed by atoms with Crippen LogP contribution >= 0.6 is 11.8 Å². The summed E-state index contributed by atoms with van der Waals surface area (Å²) in [6.07, 6.45) is 4.85. The van der Waals surface area contributed by atoms with Gasteiger partial charge in [-0.2, -0.15) is 11.8 Å². The van der Waals surface area contributed by atoms with E-state index < -0.39 is 5.54 Å². The Balaban J connectivity index is 2.68.